The summed E-state index contributed by atoms with van der Waals surface area (Å²) in [7, 11) is 0. The summed E-state index contributed by atoms with van der Waals surface area (Å²) >= 11 is 0. The molecule has 2 amide bonds. The number of aromatic nitrogens is 2. The summed E-state index contributed by atoms with van der Waals surface area (Å²) in [5.74, 6) is -1.26. The molecule has 9 heteroatoms. The van der Waals surface area contributed by atoms with E-state index in [0.717, 1.165) is 0 Å². The molecule has 9 nitrogen and oxygen atoms in total. The van der Waals surface area contributed by atoms with Gasteiger partial charge in [0.05, 0.1) is 11.9 Å². The van der Waals surface area contributed by atoms with Crippen LogP contribution in [0.5, 0.6) is 0 Å². The van der Waals surface area contributed by atoms with Gasteiger partial charge in [0.1, 0.15) is 11.1 Å². The number of H-pyrrole nitrogens is 1. The Morgan fingerprint density at radius 1 is 1.58 bits per heavy atom. The maximum atomic E-state index is 11.8. The van der Waals surface area contributed by atoms with E-state index in [1.807, 2.05) is 5.48 Å². The Hall–Kier alpha value is -2.68. The number of nitrogens with zero attached hydrogens (tertiary/aromatic N) is 1. The normalized spacial score (nSPS) is 10.6. The first-order chi connectivity index (χ1) is 9.00. The molecule has 0 unspecified atom stereocenters. The molecule has 0 aliphatic rings. The average Bonchev–Trinajstić information content (AvgIpc) is 2.66. The first kappa shape index (κ1) is 12.8. The Morgan fingerprint density at radius 2 is 2.32 bits per heavy atom. The van der Waals surface area contributed by atoms with E-state index in [9.17, 15) is 14.4 Å². The van der Waals surface area contributed by atoms with E-state index in [1.54, 1.807) is 0 Å². The van der Waals surface area contributed by atoms with Gasteiger partial charge in [-0.3, -0.25) is 19.2 Å². The molecule has 0 saturated carbocycles. The van der Waals surface area contributed by atoms with Crippen molar-refractivity contribution in [2.45, 2.75) is 6.92 Å². The summed E-state index contributed by atoms with van der Waals surface area (Å²) in [5.41, 5.74) is 6.36. The monoisotopic (exact) mass is 266 g/mol. The topological polar surface area (TPSA) is 140 Å². The number of nitrogens with one attached hydrogen (secondary N) is 2. The van der Waals surface area contributed by atoms with E-state index >= 15 is 0 Å². The van der Waals surface area contributed by atoms with Crippen LogP contribution >= 0.6 is 0 Å². The summed E-state index contributed by atoms with van der Waals surface area (Å²) in [6.07, 6.45) is 1.17. The molecule has 0 atom stereocenters. The lowest BCUT2D eigenvalue weighted by Gasteiger charge is -2.02. The highest BCUT2D eigenvalue weighted by molar-refractivity contribution is 6.05. The van der Waals surface area contributed by atoms with Crippen LogP contribution in [0.4, 0.5) is 0 Å². The highest BCUT2D eigenvalue weighted by Gasteiger charge is 2.21. The average molecular weight is 266 g/mol. The fourth-order valence-electron chi connectivity index (χ4n) is 1.55. The predicted molar refractivity (Wildman–Crippen MR) is 62.0 cm³/mol. The van der Waals surface area contributed by atoms with Crippen LogP contribution in [0.1, 0.15) is 16.1 Å². The smallest absolute Gasteiger partial charge is 0.279 e. The van der Waals surface area contributed by atoms with Crippen LogP contribution in [0.15, 0.2) is 15.5 Å². The molecule has 0 saturated heterocycles. The van der Waals surface area contributed by atoms with Crippen LogP contribution in [0.2, 0.25) is 0 Å². The molecule has 0 aliphatic carbocycles. The van der Waals surface area contributed by atoms with E-state index < -0.39 is 24.0 Å². The third-order valence-corrected chi connectivity index (χ3v) is 2.28. The predicted octanol–water partition coefficient (Wildman–Crippen LogP) is -1.03. The number of primary amides is 1. The third-order valence-electron chi connectivity index (χ3n) is 2.28. The Kier molecular flexibility index (Phi) is 3.29. The lowest BCUT2D eigenvalue weighted by atomic mass is 10.2. The highest BCUT2D eigenvalue weighted by Crippen LogP contribution is 2.19. The number of furan rings is 1. The molecule has 0 fully saturated rings. The van der Waals surface area contributed by atoms with Gasteiger partial charge in [0.2, 0.25) is 11.6 Å². The first-order valence-electron chi connectivity index (χ1n) is 5.18. The van der Waals surface area contributed by atoms with E-state index in [2.05, 4.69) is 14.8 Å². The minimum atomic E-state index is -0.742. The molecular formula is C10H10N4O5. The van der Waals surface area contributed by atoms with Crippen molar-refractivity contribution >= 4 is 22.9 Å². The number of hydrogen-bond donors (Lipinski definition) is 3. The van der Waals surface area contributed by atoms with Gasteiger partial charge < -0.3 is 15.1 Å². The maximum absolute atomic E-state index is 11.8. The molecule has 0 aromatic carbocycles. The quantitative estimate of drug-likeness (QED) is 0.604. The lowest BCUT2D eigenvalue weighted by Crippen LogP contribution is -2.30. The third kappa shape index (κ3) is 2.45. The molecule has 2 aromatic heterocycles. The Bertz CT molecular complexity index is 701. The molecule has 0 bridgehead atoms. The second-order valence-electron chi connectivity index (χ2n) is 3.63. The van der Waals surface area contributed by atoms with Crippen molar-refractivity contribution in [1.82, 2.24) is 15.4 Å². The largest absolute Gasteiger partial charge is 0.442 e. The van der Waals surface area contributed by atoms with Gasteiger partial charge in [0.25, 0.3) is 11.5 Å². The molecule has 19 heavy (non-hydrogen) atoms. The molecular weight excluding hydrogens is 256 g/mol. The number of hydrogen-bond acceptors (Lipinski definition) is 6. The standard InChI is InChI=1S/C10H10N4O5/c1-4-6(9(17)14-18-2-5(11)15)7-8(16)12-3-13-10(7)19-4/h3H,2H2,1H3,(H2,11,15)(H,14,17)(H,12,13,16). The van der Waals surface area contributed by atoms with Crippen molar-refractivity contribution in [3.05, 3.63) is 28.0 Å². The number of nitrogens with two attached hydrogens (primary N) is 1. The van der Waals surface area contributed by atoms with Crippen LogP contribution < -0.4 is 16.8 Å². The van der Waals surface area contributed by atoms with Gasteiger partial charge >= 0.3 is 0 Å². The van der Waals surface area contributed by atoms with Crippen molar-refractivity contribution in [3.8, 4) is 0 Å². The molecule has 4 N–H and O–H groups in total. The van der Waals surface area contributed by atoms with Crippen molar-refractivity contribution in [2.75, 3.05) is 6.61 Å². The molecule has 2 heterocycles. The van der Waals surface area contributed by atoms with E-state index in [0.29, 0.717) is 0 Å². The number of hydroxylamine groups is 1. The first-order valence-corrected chi connectivity index (χ1v) is 5.18. The number of fused-ring (bicyclic) bond motifs is 1. The van der Waals surface area contributed by atoms with Gasteiger partial charge in [-0.2, -0.15) is 0 Å². The summed E-state index contributed by atoms with van der Waals surface area (Å²) < 4.78 is 5.19. The van der Waals surface area contributed by atoms with Crippen molar-refractivity contribution < 1.29 is 18.8 Å². The van der Waals surface area contributed by atoms with Gasteiger partial charge in [-0.05, 0) is 6.92 Å². The van der Waals surface area contributed by atoms with Crippen LogP contribution in [-0.4, -0.2) is 28.4 Å². The lowest BCUT2D eigenvalue weighted by molar-refractivity contribution is -0.124. The Balaban J connectivity index is 2.34. The molecule has 100 valence electrons. The van der Waals surface area contributed by atoms with Gasteiger partial charge in [-0.1, -0.05) is 0 Å². The minimum Gasteiger partial charge on any atom is -0.442 e. The number of carbonyl (C=O) groups excluding carboxylic acids is 2. The van der Waals surface area contributed by atoms with Gasteiger partial charge in [-0.25, -0.2) is 10.5 Å². The van der Waals surface area contributed by atoms with Crippen molar-refractivity contribution in [1.29, 1.82) is 0 Å². The van der Waals surface area contributed by atoms with Gasteiger partial charge in [0, 0.05) is 0 Å². The van der Waals surface area contributed by atoms with Crippen LogP contribution in [0.25, 0.3) is 11.1 Å². The van der Waals surface area contributed by atoms with Crippen molar-refractivity contribution in [3.63, 3.8) is 0 Å². The van der Waals surface area contributed by atoms with E-state index in [-0.39, 0.29) is 22.4 Å². The number of aromatic amines is 1. The van der Waals surface area contributed by atoms with Crippen LogP contribution in [0, 0.1) is 6.92 Å². The number of rotatable bonds is 4. The summed E-state index contributed by atoms with van der Waals surface area (Å²) in [4.78, 5) is 44.7. The molecule has 0 spiro atoms. The molecule has 0 radical (unpaired) electrons. The molecule has 2 aromatic rings. The fourth-order valence-corrected chi connectivity index (χ4v) is 1.55. The molecule has 2 rings (SSSR count). The zero-order valence-electron chi connectivity index (χ0n) is 9.85. The Morgan fingerprint density at radius 3 is 3.00 bits per heavy atom. The van der Waals surface area contributed by atoms with Gasteiger partial charge in [0.15, 0.2) is 6.61 Å². The highest BCUT2D eigenvalue weighted by atomic mass is 16.7. The van der Waals surface area contributed by atoms with E-state index in [4.69, 9.17) is 10.2 Å². The van der Waals surface area contributed by atoms with Crippen LogP contribution in [0.3, 0.4) is 0 Å². The van der Waals surface area contributed by atoms with Crippen molar-refractivity contribution in [2.24, 2.45) is 5.73 Å². The molecule has 0 aliphatic heterocycles. The van der Waals surface area contributed by atoms with E-state index in [1.165, 1.54) is 13.3 Å². The Labute approximate surface area is 105 Å². The number of carbonyl (C=O) groups is 2. The second-order valence-corrected chi connectivity index (χ2v) is 3.63. The zero-order chi connectivity index (χ0) is 14.0. The second kappa shape index (κ2) is 4.90. The minimum absolute atomic E-state index is 0.00572. The summed E-state index contributed by atoms with van der Waals surface area (Å²) in [6.45, 7) is 1.03. The maximum Gasteiger partial charge on any atom is 0.279 e. The summed E-state index contributed by atoms with van der Waals surface area (Å²) in [5, 5.41) is 0.0141. The fraction of sp³-hybridized carbons (Fsp3) is 0.200. The number of amides is 2. The van der Waals surface area contributed by atoms with Crippen LogP contribution in [-0.2, 0) is 9.63 Å². The number of aryl methyl sites for hydroxylation is 1. The summed E-state index contributed by atoms with van der Waals surface area (Å²) in [6, 6.07) is 0. The zero-order valence-corrected chi connectivity index (χ0v) is 9.85. The van der Waals surface area contributed by atoms with Gasteiger partial charge in [-0.15, -0.1) is 0 Å². The SMILES string of the molecule is Cc1oc2nc[nH]c(=O)c2c1C(=O)NOCC(N)=O.